The van der Waals surface area contributed by atoms with Crippen LogP contribution in [0.2, 0.25) is 0 Å². The Morgan fingerprint density at radius 1 is 1.28 bits per heavy atom. The molecule has 0 unspecified atom stereocenters. The third-order valence-electron chi connectivity index (χ3n) is 3.33. The maximum absolute atomic E-state index is 12.4. The van der Waals surface area contributed by atoms with Crippen LogP contribution in [-0.4, -0.2) is 14.0 Å². The van der Waals surface area contributed by atoms with E-state index in [1.165, 1.54) is 0 Å². The van der Waals surface area contributed by atoms with Gasteiger partial charge >= 0.3 is 0 Å². The molecule has 1 aliphatic carbocycles. The first-order valence-electron chi connectivity index (χ1n) is 5.96. The van der Waals surface area contributed by atoms with Gasteiger partial charge in [0.2, 0.25) is 10.0 Å². The fourth-order valence-electron chi connectivity index (χ4n) is 2.11. The Kier molecular flexibility index (Phi) is 3.35. The Morgan fingerprint density at radius 2 is 1.89 bits per heavy atom. The molecule has 100 valence electrons. The number of sulfonamides is 1. The molecule has 0 radical (unpaired) electrons. The topological polar surface area (TPSA) is 84.2 Å². The quantitative estimate of drug-likeness (QED) is 0.558. The van der Waals surface area contributed by atoms with Gasteiger partial charge in [0, 0.05) is 5.54 Å². The van der Waals surface area contributed by atoms with Crippen molar-refractivity contribution in [1.82, 2.24) is 4.72 Å². The summed E-state index contributed by atoms with van der Waals surface area (Å²) < 4.78 is 27.5. The Bertz CT molecular complexity index is 536. The number of nitrogens with one attached hydrogen (secondary N) is 2. The lowest BCUT2D eigenvalue weighted by atomic mass is 10.0. The van der Waals surface area contributed by atoms with E-state index in [2.05, 4.69) is 10.1 Å². The minimum absolute atomic E-state index is 0.182. The largest absolute Gasteiger partial charge is 0.323 e. The van der Waals surface area contributed by atoms with E-state index in [1.807, 2.05) is 13.8 Å². The standard InChI is InChI=1S/C12H19N3O2S/c1-12(2,9-7-8-9)15-18(16,17)11-6-4-3-5-10(11)14-13/h3-6,9,14-15H,7-8,13H2,1-2H3. The van der Waals surface area contributed by atoms with Crippen molar-refractivity contribution in [3.8, 4) is 0 Å². The van der Waals surface area contributed by atoms with Gasteiger partial charge in [-0.3, -0.25) is 5.84 Å². The van der Waals surface area contributed by atoms with Gasteiger partial charge in [0.25, 0.3) is 0 Å². The molecule has 1 aromatic rings. The molecule has 5 nitrogen and oxygen atoms in total. The predicted molar refractivity (Wildman–Crippen MR) is 71.4 cm³/mol. The second-order valence-electron chi connectivity index (χ2n) is 5.24. The summed E-state index contributed by atoms with van der Waals surface area (Å²) in [5.74, 6) is 5.76. The average molecular weight is 269 g/mol. The first-order chi connectivity index (χ1) is 8.37. The van der Waals surface area contributed by atoms with Crippen LogP contribution in [0.5, 0.6) is 0 Å². The summed E-state index contributed by atoms with van der Waals surface area (Å²) in [4.78, 5) is 0.182. The van der Waals surface area contributed by atoms with Crippen LogP contribution in [0.15, 0.2) is 29.2 Å². The number of anilines is 1. The van der Waals surface area contributed by atoms with Gasteiger partial charge in [-0.25, -0.2) is 13.1 Å². The number of para-hydroxylation sites is 1. The fourth-order valence-corrected chi connectivity index (χ4v) is 3.75. The number of nitrogens with two attached hydrogens (primary N) is 1. The van der Waals surface area contributed by atoms with Gasteiger partial charge in [0.05, 0.1) is 5.69 Å². The molecule has 0 heterocycles. The molecule has 6 heteroatoms. The third kappa shape index (κ3) is 2.66. The van der Waals surface area contributed by atoms with Gasteiger partial charge in [0.15, 0.2) is 0 Å². The van der Waals surface area contributed by atoms with Crippen LogP contribution in [-0.2, 0) is 10.0 Å². The van der Waals surface area contributed by atoms with Crippen molar-refractivity contribution >= 4 is 15.7 Å². The number of nitrogen functional groups attached to an aromatic ring is 1. The molecule has 0 aromatic heterocycles. The Balaban J connectivity index is 2.30. The predicted octanol–water partition coefficient (Wildman–Crippen LogP) is 1.44. The molecule has 4 N–H and O–H groups in total. The number of hydrogen-bond acceptors (Lipinski definition) is 4. The lowest BCUT2D eigenvalue weighted by Crippen LogP contribution is -2.45. The minimum Gasteiger partial charge on any atom is -0.323 e. The highest BCUT2D eigenvalue weighted by Crippen LogP contribution is 2.40. The van der Waals surface area contributed by atoms with Crippen LogP contribution in [0.25, 0.3) is 0 Å². The lowest BCUT2D eigenvalue weighted by molar-refractivity contribution is 0.400. The van der Waals surface area contributed by atoms with E-state index in [0.717, 1.165) is 12.8 Å². The van der Waals surface area contributed by atoms with E-state index in [4.69, 9.17) is 5.84 Å². The van der Waals surface area contributed by atoms with Gasteiger partial charge in [-0.2, -0.15) is 0 Å². The summed E-state index contributed by atoms with van der Waals surface area (Å²) in [5.41, 5.74) is 2.40. The molecule has 2 rings (SSSR count). The van der Waals surface area contributed by atoms with Crippen molar-refractivity contribution < 1.29 is 8.42 Å². The van der Waals surface area contributed by atoms with Crippen LogP contribution in [0, 0.1) is 5.92 Å². The van der Waals surface area contributed by atoms with E-state index < -0.39 is 15.6 Å². The van der Waals surface area contributed by atoms with Crippen molar-refractivity contribution in [2.45, 2.75) is 37.1 Å². The SMILES string of the molecule is CC(C)(NS(=O)(=O)c1ccccc1NN)C1CC1. The monoisotopic (exact) mass is 269 g/mol. The van der Waals surface area contributed by atoms with E-state index >= 15 is 0 Å². The molecule has 0 amide bonds. The Hall–Kier alpha value is -1.11. The van der Waals surface area contributed by atoms with Crippen LogP contribution in [0.4, 0.5) is 5.69 Å². The van der Waals surface area contributed by atoms with Crippen LogP contribution in [0.1, 0.15) is 26.7 Å². The van der Waals surface area contributed by atoms with Crippen LogP contribution < -0.4 is 16.0 Å². The summed E-state index contributed by atoms with van der Waals surface area (Å²) in [5, 5.41) is 0. The zero-order valence-corrected chi connectivity index (χ0v) is 11.4. The van der Waals surface area contributed by atoms with Crippen molar-refractivity contribution in [3.05, 3.63) is 24.3 Å². The van der Waals surface area contributed by atoms with E-state index in [9.17, 15) is 8.42 Å². The fraction of sp³-hybridized carbons (Fsp3) is 0.500. The number of rotatable bonds is 5. The second kappa shape index (κ2) is 4.53. The molecule has 18 heavy (non-hydrogen) atoms. The maximum Gasteiger partial charge on any atom is 0.243 e. The third-order valence-corrected chi connectivity index (χ3v) is 5.06. The van der Waals surface area contributed by atoms with Crippen LogP contribution >= 0.6 is 0 Å². The molecular weight excluding hydrogens is 250 g/mol. The van der Waals surface area contributed by atoms with Gasteiger partial charge in [-0.15, -0.1) is 0 Å². The molecule has 0 atom stereocenters. The highest BCUT2D eigenvalue weighted by molar-refractivity contribution is 7.89. The van der Waals surface area contributed by atoms with Gasteiger partial charge < -0.3 is 5.43 Å². The summed E-state index contributed by atoms with van der Waals surface area (Å²) in [6.07, 6.45) is 2.15. The van der Waals surface area contributed by atoms with Crippen LogP contribution in [0.3, 0.4) is 0 Å². The summed E-state index contributed by atoms with van der Waals surface area (Å²) in [7, 11) is -3.56. The Labute approximate surface area is 108 Å². The summed E-state index contributed by atoms with van der Waals surface area (Å²) in [6, 6.07) is 6.60. The molecule has 1 saturated carbocycles. The molecule has 0 aliphatic heterocycles. The molecule has 0 spiro atoms. The van der Waals surface area contributed by atoms with Crippen molar-refractivity contribution in [3.63, 3.8) is 0 Å². The van der Waals surface area contributed by atoms with Gasteiger partial charge in [-0.05, 0) is 44.7 Å². The lowest BCUT2D eigenvalue weighted by Gasteiger charge is -2.26. The van der Waals surface area contributed by atoms with Crippen molar-refractivity contribution in [2.75, 3.05) is 5.43 Å². The van der Waals surface area contributed by atoms with E-state index in [-0.39, 0.29) is 4.90 Å². The molecule has 0 bridgehead atoms. The molecule has 1 aliphatic rings. The number of hydrazine groups is 1. The molecular formula is C12H19N3O2S. The number of hydrogen-bond donors (Lipinski definition) is 3. The highest BCUT2D eigenvalue weighted by Gasteiger charge is 2.40. The normalized spacial score (nSPS) is 16.6. The summed E-state index contributed by atoms with van der Waals surface area (Å²) in [6.45, 7) is 3.83. The van der Waals surface area contributed by atoms with Gasteiger partial charge in [-0.1, -0.05) is 12.1 Å². The first-order valence-corrected chi connectivity index (χ1v) is 7.45. The Morgan fingerprint density at radius 3 is 2.44 bits per heavy atom. The first kappa shape index (κ1) is 13.3. The van der Waals surface area contributed by atoms with Crippen molar-refractivity contribution in [2.24, 2.45) is 11.8 Å². The molecule has 1 fully saturated rings. The summed E-state index contributed by atoms with van der Waals surface area (Å²) >= 11 is 0. The highest BCUT2D eigenvalue weighted by atomic mass is 32.2. The van der Waals surface area contributed by atoms with E-state index in [1.54, 1.807) is 24.3 Å². The number of benzene rings is 1. The van der Waals surface area contributed by atoms with E-state index in [0.29, 0.717) is 11.6 Å². The smallest absolute Gasteiger partial charge is 0.243 e. The maximum atomic E-state index is 12.4. The van der Waals surface area contributed by atoms with Crippen molar-refractivity contribution in [1.29, 1.82) is 0 Å². The average Bonchev–Trinajstić information content (AvgIpc) is 3.11. The second-order valence-corrected chi connectivity index (χ2v) is 6.89. The molecule has 1 aromatic carbocycles. The zero-order chi connectivity index (χ0) is 13.4. The van der Waals surface area contributed by atoms with Gasteiger partial charge in [0.1, 0.15) is 4.90 Å². The minimum atomic E-state index is -3.56. The zero-order valence-electron chi connectivity index (χ0n) is 10.6. The molecule has 0 saturated heterocycles.